The van der Waals surface area contributed by atoms with Crippen LogP contribution in [0.5, 0.6) is 5.75 Å². The summed E-state index contributed by atoms with van der Waals surface area (Å²) >= 11 is 5.99. The Hall–Kier alpha value is -0.960. The number of pyridine rings is 1. The summed E-state index contributed by atoms with van der Waals surface area (Å²) in [4.78, 5) is 6.44. The predicted octanol–water partition coefficient (Wildman–Crippen LogP) is 3.32. The summed E-state index contributed by atoms with van der Waals surface area (Å²) in [7, 11) is 1.98. The zero-order valence-corrected chi connectivity index (χ0v) is 12.0. The van der Waals surface area contributed by atoms with Gasteiger partial charge in [0.15, 0.2) is 11.6 Å². The van der Waals surface area contributed by atoms with Crippen molar-refractivity contribution in [1.29, 1.82) is 0 Å². The van der Waals surface area contributed by atoms with Crippen molar-refractivity contribution in [3.63, 3.8) is 0 Å². The van der Waals surface area contributed by atoms with E-state index in [1.54, 1.807) is 6.20 Å². The van der Waals surface area contributed by atoms with Crippen molar-refractivity contribution in [2.75, 3.05) is 17.8 Å². The van der Waals surface area contributed by atoms with Crippen LogP contribution < -0.4 is 9.64 Å². The molecule has 0 radical (unpaired) electrons. The molecule has 0 spiro atoms. The number of alkyl halides is 1. The van der Waals surface area contributed by atoms with Gasteiger partial charge in [-0.3, -0.25) is 0 Å². The van der Waals surface area contributed by atoms with Gasteiger partial charge in [-0.2, -0.15) is 0 Å². The smallest absolute Gasteiger partial charge is 0.171 e. The van der Waals surface area contributed by atoms with Crippen molar-refractivity contribution in [2.45, 2.75) is 39.3 Å². The molecule has 0 saturated carbocycles. The Kier molecular flexibility index (Phi) is 4.63. The first kappa shape index (κ1) is 14.1. The minimum absolute atomic E-state index is 0.130. The Bertz CT molecular complexity index is 366. The quantitative estimate of drug-likeness (QED) is 0.756. The van der Waals surface area contributed by atoms with Crippen molar-refractivity contribution >= 4 is 17.4 Å². The average molecular weight is 257 g/mol. The van der Waals surface area contributed by atoms with E-state index in [0.717, 1.165) is 11.6 Å². The largest absolute Gasteiger partial charge is 0.487 e. The van der Waals surface area contributed by atoms with Crippen LogP contribution in [0.3, 0.4) is 0 Å². The van der Waals surface area contributed by atoms with Gasteiger partial charge in [0.25, 0.3) is 0 Å². The summed E-state index contributed by atoms with van der Waals surface area (Å²) in [6, 6.07) is 3.81. The van der Waals surface area contributed by atoms with E-state index in [1.807, 2.05) is 33.0 Å². The highest BCUT2D eigenvalue weighted by Crippen LogP contribution is 2.30. The molecule has 0 bridgehead atoms. The second-order valence-corrected chi connectivity index (χ2v) is 5.26. The van der Waals surface area contributed by atoms with Crippen LogP contribution in [0.15, 0.2) is 18.3 Å². The highest BCUT2D eigenvalue weighted by Gasteiger charge is 2.26. The Morgan fingerprint density at radius 1 is 1.47 bits per heavy atom. The maximum Gasteiger partial charge on any atom is 0.171 e. The molecular formula is C13H21ClN2O. The lowest BCUT2D eigenvalue weighted by atomic mass is 10.1. The predicted molar refractivity (Wildman–Crippen MR) is 73.2 cm³/mol. The lowest BCUT2D eigenvalue weighted by molar-refractivity contribution is 0.241. The maximum absolute atomic E-state index is 5.99. The molecule has 0 atom stereocenters. The van der Waals surface area contributed by atoms with Crippen LogP contribution >= 0.6 is 11.6 Å². The molecule has 1 rings (SSSR count). The summed E-state index contributed by atoms with van der Waals surface area (Å²) in [5.74, 6) is 2.15. The molecule has 0 aromatic carbocycles. The molecule has 0 saturated heterocycles. The lowest BCUT2D eigenvalue weighted by Gasteiger charge is -2.35. The number of hydrogen-bond acceptors (Lipinski definition) is 3. The maximum atomic E-state index is 5.99. The van der Waals surface area contributed by atoms with Crippen LogP contribution in [0.25, 0.3) is 0 Å². The number of hydrogen-bond donors (Lipinski definition) is 0. The molecule has 0 aliphatic heterocycles. The Morgan fingerprint density at radius 3 is 2.65 bits per heavy atom. The van der Waals surface area contributed by atoms with Gasteiger partial charge in [-0.15, -0.1) is 11.6 Å². The van der Waals surface area contributed by atoms with E-state index in [9.17, 15) is 0 Å². The van der Waals surface area contributed by atoms with E-state index in [-0.39, 0.29) is 11.6 Å². The highest BCUT2D eigenvalue weighted by molar-refractivity contribution is 6.18. The summed E-state index contributed by atoms with van der Waals surface area (Å²) in [5, 5.41) is 0. The van der Waals surface area contributed by atoms with Crippen LogP contribution in [0.2, 0.25) is 0 Å². The van der Waals surface area contributed by atoms with Crippen LogP contribution in [0.4, 0.5) is 5.82 Å². The fourth-order valence-corrected chi connectivity index (χ4v) is 1.54. The average Bonchev–Trinajstić information content (AvgIpc) is 2.28. The van der Waals surface area contributed by atoms with Crippen LogP contribution in [0, 0.1) is 0 Å². The van der Waals surface area contributed by atoms with Gasteiger partial charge in [-0.05, 0) is 39.8 Å². The Labute approximate surface area is 109 Å². The van der Waals surface area contributed by atoms with E-state index >= 15 is 0 Å². The molecule has 0 N–H and O–H groups in total. The fourth-order valence-electron chi connectivity index (χ4n) is 1.36. The van der Waals surface area contributed by atoms with Gasteiger partial charge in [0.2, 0.25) is 0 Å². The summed E-state index contributed by atoms with van der Waals surface area (Å²) in [5.41, 5.74) is -0.162. The Balaban J connectivity index is 3.04. The van der Waals surface area contributed by atoms with Crippen molar-refractivity contribution < 1.29 is 4.74 Å². The van der Waals surface area contributed by atoms with E-state index in [2.05, 4.69) is 23.7 Å². The van der Waals surface area contributed by atoms with E-state index in [4.69, 9.17) is 16.3 Å². The zero-order chi connectivity index (χ0) is 13.1. The first-order valence-corrected chi connectivity index (χ1v) is 6.33. The minimum Gasteiger partial charge on any atom is -0.487 e. The van der Waals surface area contributed by atoms with Crippen LogP contribution in [-0.2, 0) is 0 Å². The third kappa shape index (κ3) is 3.50. The van der Waals surface area contributed by atoms with Gasteiger partial charge in [-0.1, -0.05) is 0 Å². The van der Waals surface area contributed by atoms with E-state index < -0.39 is 0 Å². The van der Waals surface area contributed by atoms with Crippen molar-refractivity contribution in [3.05, 3.63) is 18.3 Å². The van der Waals surface area contributed by atoms with Crippen LogP contribution in [0.1, 0.15) is 27.7 Å². The second-order valence-electron chi connectivity index (χ2n) is 5.00. The number of rotatable bonds is 5. The molecule has 3 nitrogen and oxygen atoms in total. The third-order valence-corrected chi connectivity index (χ3v) is 3.32. The van der Waals surface area contributed by atoms with E-state index in [0.29, 0.717) is 5.88 Å². The molecule has 96 valence electrons. The summed E-state index contributed by atoms with van der Waals surface area (Å²) in [6.45, 7) is 8.16. The SMILES string of the molecule is CC(C)Oc1cccnc1N(C)C(C)(C)CCl. The van der Waals surface area contributed by atoms with Crippen molar-refractivity contribution in [2.24, 2.45) is 0 Å². The van der Waals surface area contributed by atoms with Gasteiger partial charge in [0.1, 0.15) is 0 Å². The van der Waals surface area contributed by atoms with E-state index in [1.165, 1.54) is 0 Å². The minimum atomic E-state index is -0.162. The number of halogens is 1. The standard InChI is InChI=1S/C13H21ClN2O/c1-10(2)17-11-7-6-8-15-12(11)16(5)13(3,4)9-14/h6-8,10H,9H2,1-5H3. The molecular weight excluding hydrogens is 236 g/mol. The molecule has 0 aliphatic rings. The number of nitrogens with zero attached hydrogens (tertiary/aromatic N) is 2. The van der Waals surface area contributed by atoms with Gasteiger partial charge in [-0.25, -0.2) is 4.98 Å². The third-order valence-electron chi connectivity index (χ3n) is 2.67. The molecule has 4 heteroatoms. The number of anilines is 1. The summed E-state index contributed by atoms with van der Waals surface area (Å²) in [6.07, 6.45) is 1.90. The molecule has 0 amide bonds. The molecule has 1 aromatic heterocycles. The first-order chi connectivity index (χ1) is 7.88. The molecule has 0 aliphatic carbocycles. The first-order valence-electron chi connectivity index (χ1n) is 5.80. The fraction of sp³-hybridized carbons (Fsp3) is 0.615. The Morgan fingerprint density at radius 2 is 2.12 bits per heavy atom. The molecule has 17 heavy (non-hydrogen) atoms. The zero-order valence-electron chi connectivity index (χ0n) is 11.2. The second kappa shape index (κ2) is 5.58. The van der Waals surface area contributed by atoms with Crippen LogP contribution in [-0.4, -0.2) is 29.6 Å². The molecule has 0 unspecified atom stereocenters. The molecule has 1 aromatic rings. The van der Waals surface area contributed by atoms with Crippen molar-refractivity contribution in [1.82, 2.24) is 4.98 Å². The topological polar surface area (TPSA) is 25.4 Å². The normalized spacial score (nSPS) is 11.7. The van der Waals surface area contributed by atoms with Gasteiger partial charge >= 0.3 is 0 Å². The van der Waals surface area contributed by atoms with Gasteiger partial charge in [0, 0.05) is 24.7 Å². The van der Waals surface area contributed by atoms with Crippen molar-refractivity contribution in [3.8, 4) is 5.75 Å². The monoisotopic (exact) mass is 256 g/mol. The molecule has 1 heterocycles. The lowest BCUT2D eigenvalue weighted by Crippen LogP contribution is -2.43. The van der Waals surface area contributed by atoms with Gasteiger partial charge < -0.3 is 9.64 Å². The highest BCUT2D eigenvalue weighted by atomic mass is 35.5. The molecule has 0 fully saturated rings. The summed E-state index contributed by atoms with van der Waals surface area (Å²) < 4.78 is 5.76. The number of aromatic nitrogens is 1. The number of ether oxygens (including phenoxy) is 1. The van der Waals surface area contributed by atoms with Gasteiger partial charge in [0.05, 0.1) is 6.10 Å².